The van der Waals surface area contributed by atoms with Gasteiger partial charge in [-0.15, -0.1) is 11.8 Å². The number of nitrogens with zero attached hydrogens (tertiary/aromatic N) is 1. The number of oxazole rings is 1. The van der Waals surface area contributed by atoms with Gasteiger partial charge in [0.2, 0.25) is 11.8 Å². The fourth-order valence-corrected chi connectivity index (χ4v) is 3.78. The highest BCUT2D eigenvalue weighted by molar-refractivity contribution is 7.99. The molecule has 0 aliphatic carbocycles. The van der Waals surface area contributed by atoms with Crippen LogP contribution in [0.15, 0.2) is 65.3 Å². The minimum absolute atomic E-state index is 0.0428. The molecule has 1 N–H and O–H groups in total. The maximum Gasteiger partial charge on any atom is 0.308 e. The van der Waals surface area contributed by atoms with Crippen LogP contribution in [0.3, 0.4) is 0 Å². The number of benzene rings is 2. The number of hydrogen-bond acceptors (Lipinski definition) is 7. The van der Waals surface area contributed by atoms with Gasteiger partial charge in [-0.2, -0.15) is 0 Å². The van der Waals surface area contributed by atoms with Crippen LogP contribution < -0.4 is 10.1 Å². The third-order valence-corrected chi connectivity index (χ3v) is 5.53. The van der Waals surface area contributed by atoms with Crippen molar-refractivity contribution in [2.75, 3.05) is 19.5 Å². The van der Waals surface area contributed by atoms with E-state index < -0.39 is 6.04 Å². The van der Waals surface area contributed by atoms with Crippen LogP contribution in [0.4, 0.5) is 0 Å². The third-order valence-electron chi connectivity index (χ3n) is 4.56. The molecule has 0 spiro atoms. The topological polar surface area (TPSA) is 90.7 Å². The van der Waals surface area contributed by atoms with Gasteiger partial charge in [-0.3, -0.25) is 9.59 Å². The van der Waals surface area contributed by atoms with E-state index in [1.165, 1.54) is 11.8 Å². The summed E-state index contributed by atoms with van der Waals surface area (Å²) < 4.78 is 15.9. The number of amides is 1. The lowest BCUT2D eigenvalue weighted by Gasteiger charge is -2.19. The predicted molar refractivity (Wildman–Crippen MR) is 123 cm³/mol. The highest BCUT2D eigenvalue weighted by Gasteiger charge is 2.20. The lowest BCUT2D eigenvalue weighted by Crippen LogP contribution is -2.32. The molecule has 0 aliphatic rings. The van der Waals surface area contributed by atoms with Crippen molar-refractivity contribution in [1.29, 1.82) is 0 Å². The van der Waals surface area contributed by atoms with Gasteiger partial charge in [0, 0.05) is 11.3 Å². The van der Waals surface area contributed by atoms with E-state index >= 15 is 0 Å². The molecular formula is C24H26N2O5S. The first-order chi connectivity index (χ1) is 15.6. The monoisotopic (exact) mass is 454 g/mol. The molecule has 3 rings (SSSR count). The Labute approximate surface area is 191 Å². The van der Waals surface area contributed by atoms with Gasteiger partial charge in [-0.05, 0) is 36.8 Å². The fraction of sp³-hybridized carbons (Fsp3) is 0.292. The number of aromatic nitrogens is 1. The normalized spacial score (nSPS) is 11.6. The smallest absolute Gasteiger partial charge is 0.308 e. The molecule has 0 saturated carbocycles. The lowest BCUT2D eigenvalue weighted by atomic mass is 10.0. The highest BCUT2D eigenvalue weighted by Crippen LogP contribution is 2.23. The molecule has 1 heterocycles. The summed E-state index contributed by atoms with van der Waals surface area (Å²) in [7, 11) is 1.57. The molecular weight excluding hydrogens is 428 g/mol. The molecule has 1 amide bonds. The minimum Gasteiger partial charge on any atom is -0.497 e. The summed E-state index contributed by atoms with van der Waals surface area (Å²) in [5, 5.41) is 2.93. The average molecular weight is 455 g/mol. The molecule has 2 aromatic carbocycles. The summed E-state index contributed by atoms with van der Waals surface area (Å²) in [5.74, 6) is 1.41. The molecule has 7 nitrogen and oxygen atoms in total. The number of nitrogens with one attached hydrogen (secondary N) is 1. The SMILES string of the molecule is CCOC(=O)CC(NC(=O)CSCc1coc(-c2ccccc2)n1)c1cccc(OC)c1. The van der Waals surface area contributed by atoms with Crippen LogP contribution >= 0.6 is 11.8 Å². The number of carbonyl (C=O) groups is 2. The Balaban J connectivity index is 1.56. The van der Waals surface area contributed by atoms with Gasteiger partial charge in [0.1, 0.15) is 12.0 Å². The standard InChI is InChI=1S/C24H26N2O5S/c1-3-30-23(28)13-21(18-10-7-11-20(12-18)29-2)26-22(27)16-32-15-19-14-31-24(25-19)17-8-5-4-6-9-17/h4-12,14,21H,3,13,15-16H2,1-2H3,(H,26,27). The maximum atomic E-state index is 12.6. The summed E-state index contributed by atoms with van der Waals surface area (Å²) in [6, 6.07) is 16.4. The van der Waals surface area contributed by atoms with Crippen molar-refractivity contribution in [2.24, 2.45) is 0 Å². The number of rotatable bonds is 11. The molecule has 32 heavy (non-hydrogen) atoms. The Morgan fingerprint density at radius 1 is 1.16 bits per heavy atom. The van der Waals surface area contributed by atoms with E-state index in [4.69, 9.17) is 13.9 Å². The van der Waals surface area contributed by atoms with E-state index in [9.17, 15) is 9.59 Å². The number of methoxy groups -OCH3 is 1. The van der Waals surface area contributed by atoms with Gasteiger partial charge >= 0.3 is 5.97 Å². The molecule has 3 aromatic rings. The molecule has 1 aromatic heterocycles. The Bertz CT molecular complexity index is 1020. The largest absolute Gasteiger partial charge is 0.497 e. The molecule has 1 atom stereocenters. The van der Waals surface area contributed by atoms with E-state index in [1.54, 1.807) is 26.4 Å². The van der Waals surface area contributed by atoms with Gasteiger partial charge in [0.25, 0.3) is 0 Å². The van der Waals surface area contributed by atoms with Gasteiger partial charge < -0.3 is 19.2 Å². The zero-order chi connectivity index (χ0) is 22.8. The maximum absolute atomic E-state index is 12.6. The molecule has 0 saturated heterocycles. The lowest BCUT2D eigenvalue weighted by molar-refractivity contribution is -0.143. The summed E-state index contributed by atoms with van der Waals surface area (Å²) in [6.45, 7) is 2.04. The quantitative estimate of drug-likeness (QED) is 0.430. The van der Waals surface area contributed by atoms with Crippen molar-refractivity contribution in [3.8, 4) is 17.2 Å². The number of ether oxygens (including phenoxy) is 2. The van der Waals surface area contributed by atoms with E-state index in [-0.39, 0.29) is 30.7 Å². The van der Waals surface area contributed by atoms with Crippen LogP contribution in [0.5, 0.6) is 5.75 Å². The Hall–Kier alpha value is -3.26. The van der Waals surface area contributed by atoms with Crippen molar-refractivity contribution in [2.45, 2.75) is 25.1 Å². The van der Waals surface area contributed by atoms with Crippen molar-refractivity contribution in [3.05, 3.63) is 72.1 Å². The van der Waals surface area contributed by atoms with Crippen LogP contribution in [0.25, 0.3) is 11.5 Å². The zero-order valence-electron chi connectivity index (χ0n) is 18.1. The second-order valence-electron chi connectivity index (χ2n) is 6.91. The molecule has 1 unspecified atom stereocenters. The second-order valence-corrected chi connectivity index (χ2v) is 7.89. The van der Waals surface area contributed by atoms with Crippen molar-refractivity contribution >= 4 is 23.6 Å². The first-order valence-electron chi connectivity index (χ1n) is 10.3. The summed E-state index contributed by atoms with van der Waals surface area (Å²) in [6.07, 6.45) is 1.65. The predicted octanol–water partition coefficient (Wildman–Crippen LogP) is 4.39. The van der Waals surface area contributed by atoms with Gasteiger partial charge in [-0.1, -0.05) is 30.3 Å². The molecule has 0 bridgehead atoms. The summed E-state index contributed by atoms with van der Waals surface area (Å²) in [5.41, 5.74) is 2.44. The Kier molecular flexibility index (Phi) is 8.74. The van der Waals surface area contributed by atoms with Crippen LogP contribution in [0, 0.1) is 0 Å². The average Bonchev–Trinajstić information content (AvgIpc) is 3.28. The third kappa shape index (κ3) is 6.88. The van der Waals surface area contributed by atoms with Crippen LogP contribution in [-0.2, 0) is 20.1 Å². The number of thioether (sulfide) groups is 1. The number of carbonyl (C=O) groups excluding carboxylic acids is 2. The first-order valence-corrected chi connectivity index (χ1v) is 11.4. The first kappa shape index (κ1) is 23.4. The summed E-state index contributed by atoms with van der Waals surface area (Å²) in [4.78, 5) is 29.1. The van der Waals surface area contributed by atoms with Crippen molar-refractivity contribution in [1.82, 2.24) is 10.3 Å². The van der Waals surface area contributed by atoms with E-state index in [0.717, 1.165) is 16.8 Å². The Morgan fingerprint density at radius 3 is 2.72 bits per heavy atom. The van der Waals surface area contributed by atoms with E-state index in [1.807, 2.05) is 48.5 Å². The van der Waals surface area contributed by atoms with E-state index in [0.29, 0.717) is 17.4 Å². The van der Waals surface area contributed by atoms with Crippen molar-refractivity contribution in [3.63, 3.8) is 0 Å². The van der Waals surface area contributed by atoms with Gasteiger partial charge in [0.05, 0.1) is 37.6 Å². The van der Waals surface area contributed by atoms with Crippen LogP contribution in [0.2, 0.25) is 0 Å². The minimum atomic E-state index is -0.506. The van der Waals surface area contributed by atoms with Gasteiger partial charge in [0.15, 0.2) is 0 Å². The number of hydrogen-bond donors (Lipinski definition) is 1. The Morgan fingerprint density at radius 2 is 1.97 bits per heavy atom. The molecule has 8 heteroatoms. The molecule has 0 aliphatic heterocycles. The summed E-state index contributed by atoms with van der Waals surface area (Å²) >= 11 is 1.42. The highest BCUT2D eigenvalue weighted by atomic mass is 32.2. The molecule has 168 valence electrons. The number of esters is 1. The van der Waals surface area contributed by atoms with Crippen molar-refractivity contribution < 1.29 is 23.5 Å². The van der Waals surface area contributed by atoms with Gasteiger partial charge in [-0.25, -0.2) is 4.98 Å². The van der Waals surface area contributed by atoms with Crippen LogP contribution in [0.1, 0.15) is 30.6 Å². The van der Waals surface area contributed by atoms with Crippen LogP contribution in [-0.4, -0.2) is 36.3 Å². The zero-order valence-corrected chi connectivity index (χ0v) is 18.9. The molecule has 0 radical (unpaired) electrons. The fourth-order valence-electron chi connectivity index (χ4n) is 3.07. The second kappa shape index (κ2) is 12.0. The van der Waals surface area contributed by atoms with E-state index in [2.05, 4.69) is 10.3 Å². The molecule has 0 fully saturated rings.